The molecule has 0 saturated heterocycles. The first-order valence-electron chi connectivity index (χ1n) is 8.28. The van der Waals surface area contributed by atoms with E-state index in [1.165, 1.54) is 0 Å². The summed E-state index contributed by atoms with van der Waals surface area (Å²) in [5.41, 5.74) is 11.3. The minimum absolute atomic E-state index is 0.379. The molecule has 2 heterocycles. The zero-order valence-electron chi connectivity index (χ0n) is 14.3. The van der Waals surface area contributed by atoms with Gasteiger partial charge in [0.1, 0.15) is 5.82 Å². The lowest BCUT2D eigenvalue weighted by molar-refractivity contribution is 1.05. The molecule has 0 fully saturated rings. The molecule has 4 N–H and O–H groups in total. The summed E-state index contributed by atoms with van der Waals surface area (Å²) in [5, 5.41) is 10.5. The van der Waals surface area contributed by atoms with Gasteiger partial charge < -0.3 is 11.1 Å². The largest absolute Gasteiger partial charge is 0.383 e. The van der Waals surface area contributed by atoms with Gasteiger partial charge in [-0.2, -0.15) is 10.1 Å². The van der Waals surface area contributed by atoms with E-state index in [9.17, 15) is 0 Å². The van der Waals surface area contributed by atoms with Gasteiger partial charge in [0.25, 0.3) is 0 Å². The Balaban J connectivity index is 1.86. The smallest absolute Gasteiger partial charge is 0.229 e. The van der Waals surface area contributed by atoms with Crippen molar-refractivity contribution in [1.29, 1.82) is 0 Å². The van der Waals surface area contributed by atoms with E-state index in [0.717, 1.165) is 33.9 Å². The van der Waals surface area contributed by atoms with Crippen LogP contribution in [0.5, 0.6) is 0 Å². The van der Waals surface area contributed by atoms with E-state index in [1.807, 2.05) is 73.7 Å². The third-order valence-corrected chi connectivity index (χ3v) is 3.98. The molecule has 0 bridgehead atoms. The molecule has 0 amide bonds. The molecule has 0 atom stereocenters. The highest BCUT2D eigenvalue weighted by atomic mass is 15.1. The van der Waals surface area contributed by atoms with E-state index in [0.29, 0.717) is 11.8 Å². The number of para-hydroxylation sites is 1. The number of nitrogens with zero attached hydrogens (tertiary/aromatic N) is 3. The molecule has 0 spiro atoms. The van der Waals surface area contributed by atoms with Gasteiger partial charge in [0, 0.05) is 16.9 Å². The number of nitrogen functional groups attached to an aromatic ring is 1. The average Bonchev–Trinajstić information content (AvgIpc) is 3.08. The highest BCUT2D eigenvalue weighted by molar-refractivity contribution is 5.87. The maximum Gasteiger partial charge on any atom is 0.229 e. The van der Waals surface area contributed by atoms with Crippen molar-refractivity contribution in [2.75, 3.05) is 11.1 Å². The molecule has 4 aromatic rings. The Labute approximate surface area is 151 Å². The maximum atomic E-state index is 6.31. The Kier molecular flexibility index (Phi) is 4.07. The zero-order valence-corrected chi connectivity index (χ0v) is 14.3. The minimum atomic E-state index is 0.379. The SMILES string of the molecule is Cc1cc(-c2c(N)nc(Nc3ccccc3)nc2-c2ccccc2)n[nH]1. The van der Waals surface area contributed by atoms with Crippen LogP contribution in [-0.2, 0) is 0 Å². The van der Waals surface area contributed by atoms with Crippen molar-refractivity contribution in [2.24, 2.45) is 0 Å². The molecule has 26 heavy (non-hydrogen) atoms. The van der Waals surface area contributed by atoms with Gasteiger partial charge in [-0.25, -0.2) is 4.98 Å². The molecule has 6 nitrogen and oxygen atoms in total. The van der Waals surface area contributed by atoms with Crippen LogP contribution in [0.25, 0.3) is 22.5 Å². The number of H-pyrrole nitrogens is 1. The summed E-state index contributed by atoms with van der Waals surface area (Å²) in [5.74, 6) is 0.826. The first-order chi connectivity index (χ1) is 12.7. The monoisotopic (exact) mass is 342 g/mol. The van der Waals surface area contributed by atoms with Crippen molar-refractivity contribution in [3.63, 3.8) is 0 Å². The van der Waals surface area contributed by atoms with Crippen LogP contribution in [0.1, 0.15) is 5.69 Å². The number of aromatic amines is 1. The van der Waals surface area contributed by atoms with Crippen LogP contribution in [0.3, 0.4) is 0 Å². The van der Waals surface area contributed by atoms with E-state index in [2.05, 4.69) is 20.5 Å². The Bertz CT molecular complexity index is 1020. The van der Waals surface area contributed by atoms with Crippen molar-refractivity contribution < 1.29 is 0 Å². The predicted octanol–water partition coefficient (Wildman–Crippen LogP) is 4.17. The number of nitrogens with two attached hydrogens (primary N) is 1. The standard InChI is InChI=1S/C20H18N6/c1-13-12-16(26-25-13)17-18(14-8-4-2-5-9-14)23-20(24-19(17)21)22-15-10-6-3-7-11-15/h2-12H,1H3,(H,25,26)(H3,21,22,23,24). The molecule has 2 aromatic carbocycles. The topological polar surface area (TPSA) is 92.5 Å². The highest BCUT2D eigenvalue weighted by Gasteiger charge is 2.18. The number of anilines is 3. The van der Waals surface area contributed by atoms with E-state index >= 15 is 0 Å². The quantitative estimate of drug-likeness (QED) is 0.518. The molecule has 0 unspecified atom stereocenters. The lowest BCUT2D eigenvalue weighted by atomic mass is 10.0. The van der Waals surface area contributed by atoms with Gasteiger partial charge >= 0.3 is 0 Å². The van der Waals surface area contributed by atoms with Gasteiger partial charge in [-0.05, 0) is 25.1 Å². The normalized spacial score (nSPS) is 10.7. The van der Waals surface area contributed by atoms with Crippen molar-refractivity contribution >= 4 is 17.5 Å². The summed E-state index contributed by atoms with van der Waals surface area (Å²) in [6, 6.07) is 21.6. The van der Waals surface area contributed by atoms with Crippen LogP contribution in [-0.4, -0.2) is 20.2 Å². The molecule has 4 rings (SSSR count). The maximum absolute atomic E-state index is 6.31. The molecule has 0 aliphatic rings. The third-order valence-electron chi connectivity index (χ3n) is 3.98. The Morgan fingerprint density at radius 2 is 1.62 bits per heavy atom. The van der Waals surface area contributed by atoms with Gasteiger partial charge in [0.05, 0.1) is 17.0 Å². The lowest BCUT2D eigenvalue weighted by Crippen LogP contribution is -2.05. The van der Waals surface area contributed by atoms with Crippen LogP contribution < -0.4 is 11.1 Å². The number of nitrogens with one attached hydrogen (secondary N) is 2. The average molecular weight is 342 g/mol. The third kappa shape index (κ3) is 3.12. The second kappa shape index (κ2) is 6.68. The Morgan fingerprint density at radius 1 is 0.923 bits per heavy atom. The second-order valence-electron chi connectivity index (χ2n) is 5.95. The van der Waals surface area contributed by atoms with Crippen LogP contribution >= 0.6 is 0 Å². The van der Waals surface area contributed by atoms with Crippen LogP contribution in [0.2, 0.25) is 0 Å². The zero-order chi connectivity index (χ0) is 17.9. The van der Waals surface area contributed by atoms with E-state index < -0.39 is 0 Å². The Morgan fingerprint density at radius 3 is 2.27 bits per heavy atom. The van der Waals surface area contributed by atoms with Crippen LogP contribution in [0.15, 0.2) is 66.7 Å². The first kappa shape index (κ1) is 15.8. The van der Waals surface area contributed by atoms with E-state index in [4.69, 9.17) is 10.7 Å². The Hall–Kier alpha value is -3.67. The highest BCUT2D eigenvalue weighted by Crippen LogP contribution is 2.34. The molecule has 0 aliphatic carbocycles. The van der Waals surface area contributed by atoms with Gasteiger partial charge in [0.15, 0.2) is 0 Å². The number of benzene rings is 2. The van der Waals surface area contributed by atoms with Gasteiger partial charge in [0.2, 0.25) is 5.95 Å². The molecular formula is C20H18N6. The number of rotatable bonds is 4. The molecule has 2 aromatic heterocycles. The molecule has 0 aliphatic heterocycles. The summed E-state index contributed by atoms with van der Waals surface area (Å²) < 4.78 is 0. The molecule has 0 radical (unpaired) electrons. The number of aromatic nitrogens is 4. The number of aryl methyl sites for hydroxylation is 1. The minimum Gasteiger partial charge on any atom is -0.383 e. The lowest BCUT2D eigenvalue weighted by Gasteiger charge is -2.13. The fraction of sp³-hybridized carbons (Fsp3) is 0.0500. The first-order valence-corrected chi connectivity index (χ1v) is 8.28. The molecule has 128 valence electrons. The van der Waals surface area contributed by atoms with Crippen molar-refractivity contribution in [3.05, 3.63) is 72.4 Å². The molecule has 6 heteroatoms. The van der Waals surface area contributed by atoms with E-state index in [1.54, 1.807) is 0 Å². The number of hydrogen-bond acceptors (Lipinski definition) is 5. The fourth-order valence-corrected chi connectivity index (χ4v) is 2.79. The molecule has 0 saturated carbocycles. The van der Waals surface area contributed by atoms with Gasteiger partial charge in [-0.15, -0.1) is 0 Å². The van der Waals surface area contributed by atoms with Crippen molar-refractivity contribution in [3.8, 4) is 22.5 Å². The number of hydrogen-bond donors (Lipinski definition) is 3. The summed E-state index contributed by atoms with van der Waals surface area (Å²) in [4.78, 5) is 9.17. The van der Waals surface area contributed by atoms with Gasteiger partial charge in [-0.3, -0.25) is 5.10 Å². The fourth-order valence-electron chi connectivity index (χ4n) is 2.79. The van der Waals surface area contributed by atoms with Gasteiger partial charge in [-0.1, -0.05) is 48.5 Å². The van der Waals surface area contributed by atoms with Crippen molar-refractivity contribution in [2.45, 2.75) is 6.92 Å². The summed E-state index contributed by atoms with van der Waals surface area (Å²) >= 11 is 0. The summed E-state index contributed by atoms with van der Waals surface area (Å²) in [7, 11) is 0. The van der Waals surface area contributed by atoms with Crippen LogP contribution in [0.4, 0.5) is 17.5 Å². The van der Waals surface area contributed by atoms with Crippen LogP contribution in [0, 0.1) is 6.92 Å². The second-order valence-corrected chi connectivity index (χ2v) is 5.95. The molecular weight excluding hydrogens is 324 g/mol. The van der Waals surface area contributed by atoms with E-state index in [-0.39, 0.29) is 0 Å². The van der Waals surface area contributed by atoms with Crippen molar-refractivity contribution in [1.82, 2.24) is 20.2 Å². The predicted molar refractivity (Wildman–Crippen MR) is 104 cm³/mol. The summed E-state index contributed by atoms with van der Waals surface area (Å²) in [6.45, 7) is 1.95. The summed E-state index contributed by atoms with van der Waals surface area (Å²) in [6.07, 6.45) is 0.